The molecule has 0 aromatic carbocycles. The third kappa shape index (κ3) is 6.71. The molecule has 2 saturated heterocycles. The number of nitrogens with zero attached hydrogens (tertiary/aromatic N) is 2. The molecule has 7 heteroatoms. The molecule has 3 atom stereocenters. The standard InChI is InChI=1S/C9H18N2O2.C5H12N2O/c1-9(2,3)13-8(12)7-4-5-11(10)6-7;1-4-2-7(6)3-5(4)8/h7H,4-6,10H2,1-3H3;4-5,8H,2-3,6H2,1H3. The number of hydrazine groups is 2. The lowest BCUT2D eigenvalue weighted by molar-refractivity contribution is -0.159. The minimum atomic E-state index is -0.390. The van der Waals surface area contributed by atoms with Crippen molar-refractivity contribution < 1.29 is 14.6 Å². The van der Waals surface area contributed by atoms with Crippen molar-refractivity contribution in [3.63, 3.8) is 0 Å². The first kappa shape index (κ1) is 18.3. The highest BCUT2D eigenvalue weighted by molar-refractivity contribution is 5.73. The van der Waals surface area contributed by atoms with Crippen LogP contribution in [-0.2, 0) is 9.53 Å². The molecule has 0 spiro atoms. The second kappa shape index (κ2) is 7.51. The van der Waals surface area contributed by atoms with Gasteiger partial charge in [0.25, 0.3) is 0 Å². The Morgan fingerprint density at radius 2 is 1.81 bits per heavy atom. The number of carbonyl (C=O) groups is 1. The van der Waals surface area contributed by atoms with Crippen molar-refractivity contribution in [1.29, 1.82) is 0 Å². The molecular formula is C14H30N4O3. The van der Waals surface area contributed by atoms with Crippen molar-refractivity contribution in [2.24, 2.45) is 23.5 Å². The van der Waals surface area contributed by atoms with Crippen molar-refractivity contribution in [2.45, 2.75) is 45.8 Å². The molecule has 3 unspecified atom stereocenters. The largest absolute Gasteiger partial charge is 0.460 e. The molecule has 7 nitrogen and oxygen atoms in total. The number of β-amino-alcohol motifs (C(OH)–C–C–N with tert-alkyl or cyclic N) is 1. The first-order valence-electron chi connectivity index (χ1n) is 7.48. The lowest BCUT2D eigenvalue weighted by atomic mass is 10.1. The summed E-state index contributed by atoms with van der Waals surface area (Å²) >= 11 is 0. The van der Waals surface area contributed by atoms with Gasteiger partial charge in [0.15, 0.2) is 0 Å². The summed E-state index contributed by atoms with van der Waals surface area (Å²) in [5, 5.41) is 12.4. The fraction of sp³-hybridized carbons (Fsp3) is 0.929. The van der Waals surface area contributed by atoms with E-state index in [0.717, 1.165) is 19.5 Å². The first-order valence-corrected chi connectivity index (χ1v) is 7.48. The van der Waals surface area contributed by atoms with Crippen LogP contribution >= 0.6 is 0 Å². The maximum atomic E-state index is 11.5. The number of hydrogen-bond acceptors (Lipinski definition) is 7. The quantitative estimate of drug-likeness (QED) is 0.451. The molecule has 0 radical (unpaired) electrons. The van der Waals surface area contributed by atoms with E-state index in [-0.39, 0.29) is 23.6 Å². The van der Waals surface area contributed by atoms with Crippen molar-refractivity contribution in [2.75, 3.05) is 26.2 Å². The predicted octanol–water partition coefficient (Wildman–Crippen LogP) is -0.304. The smallest absolute Gasteiger partial charge is 0.310 e. The zero-order chi connectivity index (χ0) is 16.2. The third-order valence-corrected chi connectivity index (χ3v) is 3.56. The highest BCUT2D eigenvalue weighted by atomic mass is 16.6. The number of aliphatic hydroxyl groups excluding tert-OH is 1. The zero-order valence-corrected chi connectivity index (χ0v) is 13.6. The number of aliphatic hydroxyl groups is 1. The summed E-state index contributed by atoms with van der Waals surface area (Å²) in [5.74, 6) is 11.1. The van der Waals surface area contributed by atoms with Crippen LogP contribution in [0.3, 0.4) is 0 Å². The molecule has 2 heterocycles. The predicted molar refractivity (Wildman–Crippen MR) is 80.6 cm³/mol. The fourth-order valence-corrected chi connectivity index (χ4v) is 2.35. The number of ether oxygens (including phenoxy) is 1. The summed E-state index contributed by atoms with van der Waals surface area (Å²) in [6.45, 7) is 10.5. The van der Waals surface area contributed by atoms with E-state index in [4.69, 9.17) is 21.5 Å². The SMILES string of the molecule is CC(C)(C)OC(=O)C1CCN(N)C1.CC1CN(N)CC1O. The molecule has 5 N–H and O–H groups in total. The summed E-state index contributed by atoms with van der Waals surface area (Å²) in [7, 11) is 0. The van der Waals surface area contributed by atoms with E-state index in [2.05, 4.69) is 0 Å². The van der Waals surface area contributed by atoms with Gasteiger partial charge in [-0.15, -0.1) is 0 Å². The average molecular weight is 302 g/mol. The molecular weight excluding hydrogens is 272 g/mol. The van der Waals surface area contributed by atoms with Crippen LogP contribution in [-0.4, -0.2) is 59.0 Å². The monoisotopic (exact) mass is 302 g/mol. The van der Waals surface area contributed by atoms with E-state index < -0.39 is 0 Å². The van der Waals surface area contributed by atoms with Crippen LogP contribution in [0, 0.1) is 11.8 Å². The first-order chi connectivity index (χ1) is 9.58. The number of esters is 1. The van der Waals surface area contributed by atoms with Crippen molar-refractivity contribution in [1.82, 2.24) is 10.0 Å². The molecule has 2 aliphatic heterocycles. The van der Waals surface area contributed by atoms with Crippen LogP contribution < -0.4 is 11.7 Å². The van der Waals surface area contributed by atoms with Gasteiger partial charge in [-0.2, -0.15) is 0 Å². The van der Waals surface area contributed by atoms with Crippen molar-refractivity contribution >= 4 is 5.97 Å². The Morgan fingerprint density at radius 3 is 2.10 bits per heavy atom. The number of rotatable bonds is 1. The van der Waals surface area contributed by atoms with Crippen molar-refractivity contribution in [3.8, 4) is 0 Å². The number of carbonyl (C=O) groups excluding carboxylic acids is 1. The Bertz CT molecular complexity index is 336. The Morgan fingerprint density at radius 1 is 1.19 bits per heavy atom. The van der Waals surface area contributed by atoms with Crippen LogP contribution in [0.1, 0.15) is 34.1 Å². The molecule has 0 aliphatic carbocycles. The molecule has 0 amide bonds. The van der Waals surface area contributed by atoms with E-state index in [0.29, 0.717) is 19.0 Å². The molecule has 124 valence electrons. The zero-order valence-electron chi connectivity index (χ0n) is 13.6. The van der Waals surface area contributed by atoms with Crippen LogP contribution in [0.4, 0.5) is 0 Å². The van der Waals surface area contributed by atoms with Gasteiger partial charge in [0, 0.05) is 26.2 Å². The summed E-state index contributed by atoms with van der Waals surface area (Å²) in [6.07, 6.45) is 0.603. The molecule has 0 aromatic rings. The van der Waals surface area contributed by atoms with Gasteiger partial charge in [0.2, 0.25) is 0 Å². The summed E-state index contributed by atoms with van der Waals surface area (Å²) < 4.78 is 5.25. The van der Waals surface area contributed by atoms with Gasteiger partial charge in [0.1, 0.15) is 5.60 Å². The van der Waals surface area contributed by atoms with E-state index in [1.54, 1.807) is 10.0 Å². The normalized spacial score (nSPS) is 30.9. The topological polar surface area (TPSA) is 105 Å². The van der Waals surface area contributed by atoms with Gasteiger partial charge in [-0.25, -0.2) is 10.0 Å². The van der Waals surface area contributed by atoms with E-state index >= 15 is 0 Å². The second-order valence-electron chi connectivity index (χ2n) is 7.01. The Kier molecular flexibility index (Phi) is 6.55. The van der Waals surface area contributed by atoms with Gasteiger partial charge < -0.3 is 9.84 Å². The maximum Gasteiger partial charge on any atom is 0.310 e. The molecule has 21 heavy (non-hydrogen) atoms. The lowest BCUT2D eigenvalue weighted by Crippen LogP contribution is -2.32. The molecule has 0 bridgehead atoms. The Labute approximate surface area is 127 Å². The molecule has 2 rings (SSSR count). The fourth-order valence-electron chi connectivity index (χ4n) is 2.35. The third-order valence-electron chi connectivity index (χ3n) is 3.56. The van der Waals surface area contributed by atoms with E-state index in [1.807, 2.05) is 27.7 Å². The second-order valence-corrected chi connectivity index (χ2v) is 7.01. The van der Waals surface area contributed by atoms with Crippen molar-refractivity contribution in [3.05, 3.63) is 0 Å². The van der Waals surface area contributed by atoms with Crippen LogP contribution in [0.2, 0.25) is 0 Å². The van der Waals surface area contributed by atoms with Gasteiger partial charge in [-0.3, -0.25) is 16.5 Å². The van der Waals surface area contributed by atoms with Crippen LogP contribution in [0.25, 0.3) is 0 Å². The minimum absolute atomic E-state index is 0.0378. The summed E-state index contributed by atoms with van der Waals surface area (Å²) in [6, 6.07) is 0. The summed E-state index contributed by atoms with van der Waals surface area (Å²) in [5.41, 5.74) is -0.390. The molecule has 0 saturated carbocycles. The lowest BCUT2D eigenvalue weighted by Gasteiger charge is -2.21. The van der Waals surface area contributed by atoms with E-state index in [1.165, 1.54) is 0 Å². The molecule has 0 aromatic heterocycles. The van der Waals surface area contributed by atoms with Gasteiger partial charge in [0.05, 0.1) is 12.0 Å². The van der Waals surface area contributed by atoms with Gasteiger partial charge in [-0.1, -0.05) is 6.92 Å². The maximum absolute atomic E-state index is 11.5. The highest BCUT2D eigenvalue weighted by Crippen LogP contribution is 2.18. The highest BCUT2D eigenvalue weighted by Gasteiger charge is 2.30. The summed E-state index contributed by atoms with van der Waals surface area (Å²) in [4.78, 5) is 11.5. The minimum Gasteiger partial charge on any atom is -0.460 e. The average Bonchev–Trinajstić information content (AvgIpc) is 2.85. The number of hydrogen-bond donors (Lipinski definition) is 3. The molecule has 2 fully saturated rings. The Balaban J connectivity index is 0.000000235. The van der Waals surface area contributed by atoms with E-state index in [9.17, 15) is 4.79 Å². The number of nitrogens with two attached hydrogens (primary N) is 2. The van der Waals surface area contributed by atoms with Crippen LogP contribution in [0.15, 0.2) is 0 Å². The Hall–Kier alpha value is -0.730. The molecule has 2 aliphatic rings. The van der Waals surface area contributed by atoms with Gasteiger partial charge in [-0.05, 0) is 33.1 Å². The van der Waals surface area contributed by atoms with Crippen LogP contribution in [0.5, 0.6) is 0 Å². The van der Waals surface area contributed by atoms with Gasteiger partial charge >= 0.3 is 5.97 Å².